The van der Waals surface area contributed by atoms with Crippen molar-refractivity contribution in [3.05, 3.63) is 23.8 Å². The Labute approximate surface area is 146 Å². The van der Waals surface area contributed by atoms with Crippen LogP contribution in [0.4, 0.5) is 0 Å². The zero-order chi connectivity index (χ0) is 17.8. The first kappa shape index (κ1) is 20.7. The van der Waals surface area contributed by atoms with E-state index in [1.54, 1.807) is 14.2 Å². The van der Waals surface area contributed by atoms with Gasteiger partial charge in [0.2, 0.25) is 0 Å². The lowest BCUT2D eigenvalue weighted by Crippen LogP contribution is -2.91. The van der Waals surface area contributed by atoms with E-state index in [0.29, 0.717) is 37.3 Å². The van der Waals surface area contributed by atoms with E-state index in [9.17, 15) is 5.11 Å². The van der Waals surface area contributed by atoms with E-state index in [0.717, 1.165) is 5.56 Å². The third kappa shape index (κ3) is 7.99. The summed E-state index contributed by atoms with van der Waals surface area (Å²) in [7, 11) is 3.23. The Morgan fingerprint density at radius 2 is 1.88 bits per heavy atom. The average Bonchev–Trinajstić information content (AvgIpc) is 2.60. The molecule has 0 radical (unpaired) electrons. The molecule has 0 fully saturated rings. The third-order valence-electron chi connectivity index (χ3n) is 4.10. The zero-order valence-electron chi connectivity index (χ0n) is 15.6. The SMILES string of the molecule is CCCCC[C@@H](C)[NH2+]C[C@H](O)COCc1ccc(OC)c(OC)c1. The number of nitrogens with two attached hydrogens (primary N) is 1. The highest BCUT2D eigenvalue weighted by molar-refractivity contribution is 5.42. The fraction of sp³-hybridized carbons (Fsp3) is 0.684. The van der Waals surface area contributed by atoms with Crippen LogP contribution in [0.3, 0.4) is 0 Å². The number of hydrogen-bond donors (Lipinski definition) is 2. The molecule has 0 saturated carbocycles. The molecule has 0 saturated heterocycles. The molecule has 0 aliphatic heterocycles. The minimum absolute atomic E-state index is 0.340. The lowest BCUT2D eigenvalue weighted by molar-refractivity contribution is -0.692. The normalized spacial score (nSPS) is 13.5. The zero-order valence-corrected chi connectivity index (χ0v) is 15.6. The van der Waals surface area contributed by atoms with E-state index in [1.165, 1.54) is 25.7 Å². The van der Waals surface area contributed by atoms with Crippen molar-refractivity contribution in [1.82, 2.24) is 0 Å². The Balaban J connectivity index is 2.24. The lowest BCUT2D eigenvalue weighted by Gasteiger charge is -2.15. The maximum atomic E-state index is 10.0. The van der Waals surface area contributed by atoms with Crippen molar-refractivity contribution in [2.24, 2.45) is 0 Å². The summed E-state index contributed by atoms with van der Waals surface area (Å²) in [4.78, 5) is 0. The molecule has 1 aromatic rings. The Kier molecular flexibility index (Phi) is 10.5. The number of hydrogen-bond acceptors (Lipinski definition) is 4. The van der Waals surface area contributed by atoms with Crippen molar-refractivity contribution in [3.8, 4) is 11.5 Å². The number of methoxy groups -OCH3 is 2. The molecule has 2 atom stereocenters. The first-order valence-electron chi connectivity index (χ1n) is 8.90. The summed E-state index contributed by atoms with van der Waals surface area (Å²) in [5.74, 6) is 1.39. The van der Waals surface area contributed by atoms with Gasteiger partial charge in [0, 0.05) is 0 Å². The molecule has 1 rings (SSSR count). The van der Waals surface area contributed by atoms with Gasteiger partial charge in [-0.05, 0) is 37.5 Å². The fourth-order valence-electron chi connectivity index (χ4n) is 2.57. The summed E-state index contributed by atoms with van der Waals surface area (Å²) in [5.41, 5.74) is 0.997. The van der Waals surface area contributed by atoms with Gasteiger partial charge in [-0.3, -0.25) is 0 Å². The molecule has 0 aliphatic rings. The predicted octanol–water partition coefficient (Wildman–Crippen LogP) is 2.11. The number of aliphatic hydroxyl groups is 1. The second-order valence-electron chi connectivity index (χ2n) is 6.30. The van der Waals surface area contributed by atoms with Crippen LogP contribution in [0.25, 0.3) is 0 Å². The largest absolute Gasteiger partial charge is 0.493 e. The van der Waals surface area contributed by atoms with E-state index in [4.69, 9.17) is 14.2 Å². The minimum atomic E-state index is -0.446. The van der Waals surface area contributed by atoms with Crippen LogP contribution in [0.15, 0.2) is 18.2 Å². The highest BCUT2D eigenvalue weighted by atomic mass is 16.5. The van der Waals surface area contributed by atoms with Crippen LogP contribution < -0.4 is 14.8 Å². The molecular formula is C19H34NO4+. The van der Waals surface area contributed by atoms with E-state index in [-0.39, 0.29) is 0 Å². The molecule has 0 aliphatic carbocycles. The van der Waals surface area contributed by atoms with Crippen molar-refractivity contribution in [2.45, 2.75) is 58.3 Å². The van der Waals surface area contributed by atoms with Crippen molar-refractivity contribution in [3.63, 3.8) is 0 Å². The first-order valence-corrected chi connectivity index (χ1v) is 8.90. The molecule has 0 aromatic heterocycles. The molecule has 1 aromatic carbocycles. The Morgan fingerprint density at radius 3 is 2.54 bits per heavy atom. The van der Waals surface area contributed by atoms with Crippen LogP contribution in [0, 0.1) is 0 Å². The number of benzene rings is 1. The number of quaternary nitrogens is 1. The third-order valence-corrected chi connectivity index (χ3v) is 4.10. The van der Waals surface area contributed by atoms with Crippen LogP contribution in [0.2, 0.25) is 0 Å². The second-order valence-corrected chi connectivity index (χ2v) is 6.30. The number of ether oxygens (including phenoxy) is 3. The number of unbranched alkanes of at least 4 members (excludes halogenated alkanes) is 2. The summed E-state index contributed by atoms with van der Waals surface area (Å²) in [6.07, 6.45) is 4.56. The van der Waals surface area contributed by atoms with E-state index in [1.807, 2.05) is 18.2 Å². The summed E-state index contributed by atoms with van der Waals surface area (Å²) < 4.78 is 16.1. The molecule has 5 heteroatoms. The van der Waals surface area contributed by atoms with E-state index < -0.39 is 6.10 Å². The van der Waals surface area contributed by atoms with Crippen LogP contribution in [0.1, 0.15) is 45.1 Å². The van der Waals surface area contributed by atoms with E-state index in [2.05, 4.69) is 19.2 Å². The smallest absolute Gasteiger partial charge is 0.161 e. The highest BCUT2D eigenvalue weighted by Gasteiger charge is 2.11. The molecule has 5 nitrogen and oxygen atoms in total. The molecule has 24 heavy (non-hydrogen) atoms. The monoisotopic (exact) mass is 340 g/mol. The van der Waals surface area contributed by atoms with Crippen molar-refractivity contribution < 1.29 is 24.6 Å². The Bertz CT molecular complexity index is 453. The van der Waals surface area contributed by atoms with Crippen molar-refractivity contribution in [1.29, 1.82) is 0 Å². The predicted molar refractivity (Wildman–Crippen MR) is 95.6 cm³/mol. The Morgan fingerprint density at radius 1 is 1.12 bits per heavy atom. The van der Waals surface area contributed by atoms with Crippen LogP contribution in [0.5, 0.6) is 11.5 Å². The first-order chi connectivity index (χ1) is 11.6. The van der Waals surface area contributed by atoms with Crippen LogP contribution >= 0.6 is 0 Å². The van der Waals surface area contributed by atoms with Crippen LogP contribution in [-0.4, -0.2) is 44.6 Å². The molecule has 3 N–H and O–H groups in total. The molecule has 0 unspecified atom stereocenters. The summed E-state index contributed by atoms with van der Waals surface area (Å²) in [6, 6.07) is 6.25. The van der Waals surface area contributed by atoms with Gasteiger partial charge in [-0.25, -0.2) is 0 Å². The summed E-state index contributed by atoms with van der Waals surface area (Å²) in [5, 5.41) is 12.2. The minimum Gasteiger partial charge on any atom is -0.493 e. The summed E-state index contributed by atoms with van der Waals surface area (Å²) in [6.45, 7) is 5.90. The number of aliphatic hydroxyl groups excluding tert-OH is 1. The van der Waals surface area contributed by atoms with Gasteiger partial charge in [0.05, 0.1) is 33.5 Å². The fourth-order valence-corrected chi connectivity index (χ4v) is 2.57. The standard InChI is InChI=1S/C19H33NO4/c1-5-6-7-8-15(2)20-12-17(21)14-24-13-16-9-10-18(22-3)19(11-16)23-4/h9-11,15,17,20-21H,5-8,12-14H2,1-4H3/p+1/t15-,17+/m1/s1. The van der Waals surface area contributed by atoms with Crippen molar-refractivity contribution >= 4 is 0 Å². The van der Waals surface area contributed by atoms with Crippen molar-refractivity contribution in [2.75, 3.05) is 27.4 Å². The molecule has 138 valence electrons. The van der Waals surface area contributed by atoms with Crippen LogP contribution in [-0.2, 0) is 11.3 Å². The van der Waals surface area contributed by atoms with Gasteiger partial charge in [-0.2, -0.15) is 0 Å². The average molecular weight is 340 g/mol. The molecular weight excluding hydrogens is 306 g/mol. The van der Waals surface area contributed by atoms with Gasteiger partial charge in [-0.15, -0.1) is 0 Å². The maximum Gasteiger partial charge on any atom is 0.161 e. The molecule has 0 heterocycles. The van der Waals surface area contributed by atoms with E-state index >= 15 is 0 Å². The molecule has 0 amide bonds. The second kappa shape index (κ2) is 12.1. The van der Waals surface area contributed by atoms with Gasteiger partial charge >= 0.3 is 0 Å². The van der Waals surface area contributed by atoms with Gasteiger partial charge in [-0.1, -0.05) is 25.8 Å². The number of rotatable bonds is 13. The maximum absolute atomic E-state index is 10.0. The van der Waals surface area contributed by atoms with Gasteiger partial charge in [0.25, 0.3) is 0 Å². The highest BCUT2D eigenvalue weighted by Crippen LogP contribution is 2.27. The van der Waals surface area contributed by atoms with Gasteiger partial charge in [0.1, 0.15) is 12.6 Å². The van der Waals surface area contributed by atoms with Gasteiger partial charge < -0.3 is 24.6 Å². The molecule has 0 spiro atoms. The summed E-state index contributed by atoms with van der Waals surface area (Å²) >= 11 is 0. The molecule has 0 bridgehead atoms. The topological polar surface area (TPSA) is 64.5 Å². The Hall–Kier alpha value is -1.30. The lowest BCUT2D eigenvalue weighted by atomic mass is 10.1. The quantitative estimate of drug-likeness (QED) is 0.540. The van der Waals surface area contributed by atoms with Gasteiger partial charge in [0.15, 0.2) is 11.5 Å².